The molecule has 1 aromatic heterocycles. The quantitative estimate of drug-likeness (QED) is 0.913. The molecule has 1 N–H and O–H groups in total. The molecule has 0 bridgehead atoms. The standard InChI is InChI=1S/C14H16ClN3O/c1-9-8-10(2-5-12(9)15)14-18-17-13(19-14)6-7-16-11-3-4-11/h2,5,8,11,16H,3-4,6-7H2,1H3. The third kappa shape index (κ3) is 3.14. The zero-order valence-corrected chi connectivity index (χ0v) is 11.6. The van der Waals surface area contributed by atoms with Crippen molar-refractivity contribution in [1.29, 1.82) is 0 Å². The first-order valence-corrected chi connectivity index (χ1v) is 6.92. The van der Waals surface area contributed by atoms with E-state index in [-0.39, 0.29) is 0 Å². The van der Waals surface area contributed by atoms with Gasteiger partial charge in [-0.3, -0.25) is 0 Å². The molecule has 1 aromatic carbocycles. The number of aromatic nitrogens is 2. The molecule has 0 unspecified atom stereocenters. The Labute approximate surface area is 117 Å². The second kappa shape index (κ2) is 5.31. The smallest absolute Gasteiger partial charge is 0.247 e. The molecule has 1 saturated carbocycles. The Kier molecular flexibility index (Phi) is 3.53. The van der Waals surface area contributed by atoms with Crippen molar-refractivity contribution in [3.63, 3.8) is 0 Å². The van der Waals surface area contributed by atoms with Gasteiger partial charge >= 0.3 is 0 Å². The van der Waals surface area contributed by atoms with Crippen LogP contribution in [0, 0.1) is 6.92 Å². The van der Waals surface area contributed by atoms with Crippen LogP contribution < -0.4 is 5.32 Å². The van der Waals surface area contributed by atoms with Gasteiger partial charge in [-0.15, -0.1) is 10.2 Å². The molecule has 1 heterocycles. The average Bonchev–Trinajstić information content (AvgIpc) is 3.10. The van der Waals surface area contributed by atoms with Gasteiger partial charge in [-0.25, -0.2) is 0 Å². The SMILES string of the molecule is Cc1cc(-c2nnc(CCNC3CC3)o2)ccc1Cl. The maximum atomic E-state index is 6.00. The fourth-order valence-corrected chi connectivity index (χ4v) is 2.04. The van der Waals surface area contributed by atoms with Crippen molar-refractivity contribution < 1.29 is 4.42 Å². The Morgan fingerprint density at radius 2 is 2.21 bits per heavy atom. The zero-order valence-electron chi connectivity index (χ0n) is 10.8. The molecule has 0 radical (unpaired) electrons. The maximum Gasteiger partial charge on any atom is 0.247 e. The van der Waals surface area contributed by atoms with Gasteiger partial charge in [0.25, 0.3) is 0 Å². The van der Waals surface area contributed by atoms with Crippen molar-refractivity contribution in [2.75, 3.05) is 6.54 Å². The molecule has 4 nitrogen and oxygen atoms in total. The Balaban J connectivity index is 1.67. The molecule has 100 valence electrons. The zero-order chi connectivity index (χ0) is 13.2. The summed E-state index contributed by atoms with van der Waals surface area (Å²) in [5.41, 5.74) is 1.92. The molecule has 2 aromatic rings. The van der Waals surface area contributed by atoms with Crippen molar-refractivity contribution in [2.45, 2.75) is 32.2 Å². The number of rotatable bonds is 5. The fraction of sp³-hybridized carbons (Fsp3) is 0.429. The monoisotopic (exact) mass is 277 g/mol. The number of nitrogens with one attached hydrogen (secondary N) is 1. The van der Waals surface area contributed by atoms with Crippen LogP contribution in [0.15, 0.2) is 22.6 Å². The number of nitrogens with zero attached hydrogens (tertiary/aromatic N) is 2. The molecule has 0 amide bonds. The highest BCUT2D eigenvalue weighted by Crippen LogP contribution is 2.24. The van der Waals surface area contributed by atoms with Crippen molar-refractivity contribution in [2.24, 2.45) is 0 Å². The van der Waals surface area contributed by atoms with E-state index in [1.165, 1.54) is 12.8 Å². The lowest BCUT2D eigenvalue weighted by Gasteiger charge is -2.00. The molecule has 1 fully saturated rings. The van der Waals surface area contributed by atoms with Gasteiger partial charge in [-0.1, -0.05) is 11.6 Å². The predicted molar refractivity (Wildman–Crippen MR) is 74.2 cm³/mol. The average molecular weight is 278 g/mol. The van der Waals surface area contributed by atoms with E-state index in [0.717, 1.165) is 29.1 Å². The summed E-state index contributed by atoms with van der Waals surface area (Å²) >= 11 is 6.00. The van der Waals surface area contributed by atoms with E-state index in [4.69, 9.17) is 16.0 Å². The lowest BCUT2D eigenvalue weighted by atomic mass is 10.1. The second-order valence-electron chi connectivity index (χ2n) is 4.94. The van der Waals surface area contributed by atoms with E-state index in [1.807, 2.05) is 25.1 Å². The van der Waals surface area contributed by atoms with Gasteiger partial charge in [0.1, 0.15) is 0 Å². The third-order valence-corrected chi connectivity index (χ3v) is 3.65. The summed E-state index contributed by atoms with van der Waals surface area (Å²) in [5.74, 6) is 1.23. The summed E-state index contributed by atoms with van der Waals surface area (Å²) < 4.78 is 5.66. The van der Waals surface area contributed by atoms with Gasteiger partial charge < -0.3 is 9.73 Å². The molecule has 0 atom stereocenters. The van der Waals surface area contributed by atoms with E-state index in [0.29, 0.717) is 17.8 Å². The van der Waals surface area contributed by atoms with Crippen LogP contribution in [0.1, 0.15) is 24.3 Å². The normalized spacial score (nSPS) is 14.8. The van der Waals surface area contributed by atoms with Crippen molar-refractivity contribution in [1.82, 2.24) is 15.5 Å². The Bertz CT molecular complexity index is 578. The minimum atomic E-state index is 0.557. The van der Waals surface area contributed by atoms with Crippen LogP contribution in [0.5, 0.6) is 0 Å². The van der Waals surface area contributed by atoms with Crippen LogP contribution >= 0.6 is 11.6 Å². The van der Waals surface area contributed by atoms with Gasteiger partial charge in [0, 0.05) is 29.6 Å². The first-order chi connectivity index (χ1) is 9.22. The molecule has 0 aliphatic heterocycles. The summed E-state index contributed by atoms with van der Waals surface area (Å²) in [6.07, 6.45) is 3.36. The number of hydrogen-bond donors (Lipinski definition) is 1. The highest BCUT2D eigenvalue weighted by atomic mass is 35.5. The topological polar surface area (TPSA) is 51.0 Å². The van der Waals surface area contributed by atoms with E-state index >= 15 is 0 Å². The van der Waals surface area contributed by atoms with Gasteiger partial charge in [0.2, 0.25) is 11.8 Å². The summed E-state index contributed by atoms with van der Waals surface area (Å²) in [6, 6.07) is 6.42. The minimum Gasteiger partial charge on any atom is -0.421 e. The van der Waals surface area contributed by atoms with Gasteiger partial charge in [0.05, 0.1) is 0 Å². The number of hydrogen-bond acceptors (Lipinski definition) is 4. The molecule has 0 spiro atoms. The summed E-state index contributed by atoms with van der Waals surface area (Å²) in [7, 11) is 0. The minimum absolute atomic E-state index is 0.557. The van der Waals surface area contributed by atoms with E-state index < -0.39 is 0 Å². The molecule has 1 aliphatic rings. The molecular formula is C14H16ClN3O. The van der Waals surface area contributed by atoms with Crippen molar-refractivity contribution in [3.8, 4) is 11.5 Å². The van der Waals surface area contributed by atoms with Gasteiger partial charge in [0.15, 0.2) is 0 Å². The predicted octanol–water partition coefficient (Wildman–Crippen LogP) is 2.99. The molecule has 19 heavy (non-hydrogen) atoms. The lowest BCUT2D eigenvalue weighted by Crippen LogP contribution is -2.19. The first kappa shape index (κ1) is 12.6. The van der Waals surface area contributed by atoms with Crippen LogP contribution in [-0.2, 0) is 6.42 Å². The van der Waals surface area contributed by atoms with Crippen LogP contribution in [0.3, 0.4) is 0 Å². The van der Waals surface area contributed by atoms with Crippen molar-refractivity contribution >= 4 is 11.6 Å². The molecule has 1 aliphatic carbocycles. The number of aryl methyl sites for hydroxylation is 1. The Morgan fingerprint density at radius 1 is 1.37 bits per heavy atom. The van der Waals surface area contributed by atoms with E-state index in [1.54, 1.807) is 0 Å². The van der Waals surface area contributed by atoms with Crippen LogP contribution in [-0.4, -0.2) is 22.8 Å². The molecule has 0 saturated heterocycles. The van der Waals surface area contributed by atoms with Gasteiger partial charge in [-0.2, -0.15) is 0 Å². The van der Waals surface area contributed by atoms with Gasteiger partial charge in [-0.05, 0) is 43.5 Å². The Hall–Kier alpha value is -1.39. The third-order valence-electron chi connectivity index (χ3n) is 3.22. The number of halogens is 1. The van der Waals surface area contributed by atoms with Crippen LogP contribution in [0.4, 0.5) is 0 Å². The molecular weight excluding hydrogens is 262 g/mol. The summed E-state index contributed by atoms with van der Waals surface area (Å²) in [6.45, 7) is 2.86. The molecule has 3 rings (SSSR count). The number of benzene rings is 1. The maximum absolute atomic E-state index is 6.00. The van der Waals surface area contributed by atoms with Crippen molar-refractivity contribution in [3.05, 3.63) is 34.7 Å². The highest BCUT2D eigenvalue weighted by Gasteiger charge is 2.20. The van der Waals surface area contributed by atoms with Crippen LogP contribution in [0.25, 0.3) is 11.5 Å². The van der Waals surface area contributed by atoms with E-state index in [9.17, 15) is 0 Å². The van der Waals surface area contributed by atoms with E-state index in [2.05, 4.69) is 15.5 Å². The Morgan fingerprint density at radius 3 is 2.95 bits per heavy atom. The highest BCUT2D eigenvalue weighted by molar-refractivity contribution is 6.31. The van der Waals surface area contributed by atoms with Crippen LogP contribution in [0.2, 0.25) is 5.02 Å². The molecule has 5 heteroatoms. The summed E-state index contributed by atoms with van der Waals surface area (Å²) in [5, 5.41) is 12.3. The first-order valence-electron chi connectivity index (χ1n) is 6.54. The fourth-order valence-electron chi connectivity index (χ4n) is 1.92. The second-order valence-corrected chi connectivity index (χ2v) is 5.35. The largest absolute Gasteiger partial charge is 0.421 e. The lowest BCUT2D eigenvalue weighted by molar-refractivity contribution is 0.494. The summed E-state index contributed by atoms with van der Waals surface area (Å²) in [4.78, 5) is 0.